The van der Waals surface area contributed by atoms with Crippen LogP contribution in [-0.2, 0) is 26.0 Å². The Hall–Kier alpha value is -2.25. The smallest absolute Gasteiger partial charge is 0.324 e. The molecule has 0 saturated heterocycles. The first-order valence-electron chi connectivity index (χ1n) is 7.82. The van der Waals surface area contributed by atoms with E-state index in [4.69, 9.17) is 4.74 Å². The van der Waals surface area contributed by atoms with E-state index in [0.717, 1.165) is 17.7 Å². The van der Waals surface area contributed by atoms with E-state index in [1.807, 2.05) is 6.07 Å². The van der Waals surface area contributed by atoms with Crippen molar-refractivity contribution < 1.29 is 22.3 Å². The average Bonchev–Trinajstić information content (AvgIpc) is 2.55. The SMILES string of the molecule is CCOC(=O)C(Cc1ccccc1)NS(=O)(=O)c1ccc(F)cc1C. The van der Waals surface area contributed by atoms with Crippen LogP contribution in [0.5, 0.6) is 0 Å². The molecule has 0 saturated carbocycles. The molecular weight excluding hydrogens is 345 g/mol. The summed E-state index contributed by atoms with van der Waals surface area (Å²) in [6, 6.07) is 11.3. The minimum atomic E-state index is -4.01. The van der Waals surface area contributed by atoms with Crippen LogP contribution >= 0.6 is 0 Å². The molecule has 2 aromatic carbocycles. The molecule has 2 rings (SSSR count). The summed E-state index contributed by atoms with van der Waals surface area (Å²) in [5, 5.41) is 0. The Morgan fingerprint density at radius 3 is 2.48 bits per heavy atom. The summed E-state index contributed by atoms with van der Waals surface area (Å²) in [4.78, 5) is 12.1. The van der Waals surface area contributed by atoms with E-state index in [2.05, 4.69) is 4.72 Å². The summed E-state index contributed by atoms with van der Waals surface area (Å²) in [5.41, 5.74) is 1.05. The molecule has 134 valence electrons. The number of hydrogen-bond acceptors (Lipinski definition) is 4. The third-order valence-electron chi connectivity index (χ3n) is 3.58. The van der Waals surface area contributed by atoms with Crippen LogP contribution in [0.3, 0.4) is 0 Å². The molecule has 0 aliphatic carbocycles. The van der Waals surface area contributed by atoms with Gasteiger partial charge in [0.15, 0.2) is 0 Å². The third-order valence-corrected chi connectivity index (χ3v) is 5.21. The topological polar surface area (TPSA) is 72.5 Å². The van der Waals surface area contributed by atoms with Gasteiger partial charge < -0.3 is 4.74 Å². The molecule has 0 fully saturated rings. The van der Waals surface area contributed by atoms with Gasteiger partial charge in [-0.3, -0.25) is 4.79 Å². The van der Waals surface area contributed by atoms with Gasteiger partial charge in [-0.15, -0.1) is 0 Å². The van der Waals surface area contributed by atoms with Gasteiger partial charge in [0.05, 0.1) is 11.5 Å². The van der Waals surface area contributed by atoms with E-state index in [0.29, 0.717) is 0 Å². The molecule has 1 N–H and O–H groups in total. The van der Waals surface area contributed by atoms with E-state index in [-0.39, 0.29) is 23.5 Å². The number of nitrogens with one attached hydrogen (secondary N) is 1. The predicted molar refractivity (Wildman–Crippen MR) is 92.0 cm³/mol. The van der Waals surface area contributed by atoms with Crippen LogP contribution in [0.15, 0.2) is 53.4 Å². The van der Waals surface area contributed by atoms with Crippen LogP contribution in [0.4, 0.5) is 4.39 Å². The predicted octanol–water partition coefficient (Wildman–Crippen LogP) is 2.59. The molecule has 25 heavy (non-hydrogen) atoms. The lowest BCUT2D eigenvalue weighted by molar-refractivity contribution is -0.145. The van der Waals surface area contributed by atoms with Crippen LogP contribution in [0.25, 0.3) is 0 Å². The number of carbonyl (C=O) groups excluding carboxylic acids is 1. The second-order valence-electron chi connectivity index (χ2n) is 5.53. The molecule has 1 atom stereocenters. The van der Waals surface area contributed by atoms with E-state index < -0.39 is 27.9 Å². The molecule has 0 aliphatic heterocycles. The second kappa shape index (κ2) is 8.22. The van der Waals surface area contributed by atoms with Gasteiger partial charge in [0.2, 0.25) is 10.0 Å². The normalized spacial score (nSPS) is 12.6. The lowest BCUT2D eigenvalue weighted by Crippen LogP contribution is -2.43. The summed E-state index contributed by atoms with van der Waals surface area (Å²) in [6.45, 7) is 3.28. The van der Waals surface area contributed by atoms with Crippen molar-refractivity contribution in [3.05, 3.63) is 65.5 Å². The molecule has 0 amide bonds. The molecule has 0 aliphatic rings. The monoisotopic (exact) mass is 365 g/mol. The molecule has 1 unspecified atom stereocenters. The minimum absolute atomic E-state index is 0.0729. The number of hydrogen-bond donors (Lipinski definition) is 1. The van der Waals surface area contributed by atoms with Crippen molar-refractivity contribution in [1.29, 1.82) is 0 Å². The number of ether oxygens (including phenoxy) is 1. The average molecular weight is 365 g/mol. The molecular formula is C18H20FNO4S. The van der Waals surface area contributed by atoms with Crippen LogP contribution in [0, 0.1) is 12.7 Å². The minimum Gasteiger partial charge on any atom is -0.465 e. The van der Waals surface area contributed by atoms with Crippen molar-refractivity contribution in [2.75, 3.05) is 6.61 Å². The third kappa shape index (κ3) is 5.11. The Labute approximate surface area is 146 Å². The molecule has 0 aromatic heterocycles. The molecule has 0 heterocycles. The number of aryl methyl sites for hydroxylation is 1. The highest BCUT2D eigenvalue weighted by atomic mass is 32.2. The lowest BCUT2D eigenvalue weighted by atomic mass is 10.1. The van der Waals surface area contributed by atoms with Crippen molar-refractivity contribution >= 4 is 16.0 Å². The van der Waals surface area contributed by atoms with Gasteiger partial charge in [-0.05, 0) is 49.6 Å². The van der Waals surface area contributed by atoms with Crippen LogP contribution in [0.1, 0.15) is 18.1 Å². The van der Waals surface area contributed by atoms with Gasteiger partial charge in [-0.25, -0.2) is 12.8 Å². The maximum absolute atomic E-state index is 13.2. The first-order valence-corrected chi connectivity index (χ1v) is 9.31. The van der Waals surface area contributed by atoms with Gasteiger partial charge in [-0.1, -0.05) is 30.3 Å². The van der Waals surface area contributed by atoms with E-state index in [9.17, 15) is 17.6 Å². The molecule has 5 nitrogen and oxygen atoms in total. The zero-order chi connectivity index (χ0) is 18.4. The fourth-order valence-electron chi connectivity index (χ4n) is 2.43. The summed E-state index contributed by atoms with van der Waals surface area (Å²) in [6.07, 6.45) is 0.152. The van der Waals surface area contributed by atoms with Gasteiger partial charge in [-0.2, -0.15) is 4.72 Å². The molecule has 0 radical (unpaired) electrons. The number of esters is 1. The fourth-order valence-corrected chi connectivity index (χ4v) is 3.84. The highest BCUT2D eigenvalue weighted by molar-refractivity contribution is 7.89. The van der Waals surface area contributed by atoms with Crippen molar-refractivity contribution in [2.24, 2.45) is 0 Å². The number of benzene rings is 2. The highest BCUT2D eigenvalue weighted by Gasteiger charge is 2.28. The molecule has 2 aromatic rings. The Morgan fingerprint density at radius 2 is 1.88 bits per heavy atom. The highest BCUT2D eigenvalue weighted by Crippen LogP contribution is 2.17. The standard InChI is InChI=1S/C18H20FNO4S/c1-3-24-18(21)16(12-14-7-5-4-6-8-14)20-25(22,23)17-10-9-15(19)11-13(17)2/h4-11,16,20H,3,12H2,1-2H3. The molecule has 0 spiro atoms. The largest absolute Gasteiger partial charge is 0.465 e. The maximum Gasteiger partial charge on any atom is 0.324 e. The van der Waals surface area contributed by atoms with Crippen LogP contribution in [0.2, 0.25) is 0 Å². The van der Waals surface area contributed by atoms with Crippen molar-refractivity contribution in [3.8, 4) is 0 Å². The lowest BCUT2D eigenvalue weighted by Gasteiger charge is -2.18. The Kier molecular flexibility index (Phi) is 6.27. The van der Waals surface area contributed by atoms with Crippen LogP contribution in [-0.4, -0.2) is 27.0 Å². The van der Waals surface area contributed by atoms with Crippen LogP contribution < -0.4 is 4.72 Å². The number of rotatable bonds is 7. The summed E-state index contributed by atoms with van der Waals surface area (Å²) in [5.74, 6) is -1.18. The summed E-state index contributed by atoms with van der Waals surface area (Å²) < 4.78 is 45.8. The number of halogens is 1. The number of sulfonamides is 1. The quantitative estimate of drug-likeness (QED) is 0.766. The zero-order valence-corrected chi connectivity index (χ0v) is 14.8. The fraction of sp³-hybridized carbons (Fsp3) is 0.278. The molecule has 0 bridgehead atoms. The summed E-state index contributed by atoms with van der Waals surface area (Å²) >= 11 is 0. The van der Waals surface area contributed by atoms with Gasteiger partial charge >= 0.3 is 5.97 Å². The first kappa shape index (κ1) is 19.1. The summed E-state index contributed by atoms with van der Waals surface area (Å²) in [7, 11) is -4.01. The van der Waals surface area contributed by atoms with Crippen molar-refractivity contribution in [2.45, 2.75) is 31.2 Å². The second-order valence-corrected chi connectivity index (χ2v) is 7.21. The van der Waals surface area contributed by atoms with E-state index >= 15 is 0 Å². The maximum atomic E-state index is 13.2. The van der Waals surface area contributed by atoms with E-state index in [1.54, 1.807) is 31.2 Å². The van der Waals surface area contributed by atoms with Gasteiger partial charge in [0.1, 0.15) is 11.9 Å². The Bertz CT molecular complexity index is 837. The zero-order valence-electron chi connectivity index (χ0n) is 14.0. The van der Waals surface area contributed by atoms with Gasteiger partial charge in [0.25, 0.3) is 0 Å². The molecule has 7 heteroatoms. The van der Waals surface area contributed by atoms with Crippen molar-refractivity contribution in [1.82, 2.24) is 4.72 Å². The Balaban J connectivity index is 2.29. The van der Waals surface area contributed by atoms with Crippen molar-refractivity contribution in [3.63, 3.8) is 0 Å². The van der Waals surface area contributed by atoms with Gasteiger partial charge in [0, 0.05) is 0 Å². The number of carbonyl (C=O) groups is 1. The van der Waals surface area contributed by atoms with E-state index in [1.165, 1.54) is 13.0 Å². The Morgan fingerprint density at radius 1 is 1.20 bits per heavy atom. The first-order chi connectivity index (χ1) is 11.8.